The highest BCUT2D eigenvalue weighted by Crippen LogP contribution is 2.13. The molecule has 0 saturated carbocycles. The average molecular weight is 359 g/mol. The van der Waals surface area contributed by atoms with Gasteiger partial charge in [-0.05, 0) is 13.0 Å². The minimum Gasteiger partial charge on any atom is -0.344 e. The monoisotopic (exact) mass is 358 g/mol. The molecule has 0 bridgehead atoms. The Labute approximate surface area is 153 Å². The number of nitrogens with two attached hydrogens (primary N) is 1. The summed E-state index contributed by atoms with van der Waals surface area (Å²) >= 11 is 0. The molecule has 0 amide bonds. The van der Waals surface area contributed by atoms with E-state index in [2.05, 4.69) is 6.92 Å². The fourth-order valence-corrected chi connectivity index (χ4v) is 2.69. The molecule has 0 rings (SSSR count). The first-order chi connectivity index (χ1) is 9.41. The van der Waals surface area contributed by atoms with Gasteiger partial charge >= 0.3 is 0 Å². The van der Waals surface area contributed by atoms with Gasteiger partial charge < -0.3 is 11.9 Å². The normalized spacial score (nSPS) is 9.55. The van der Waals surface area contributed by atoms with E-state index >= 15 is 0 Å². The first kappa shape index (κ1) is 30.4. The van der Waals surface area contributed by atoms with Gasteiger partial charge in [0.1, 0.15) is 0 Å². The zero-order chi connectivity index (χ0) is 14.0. The average Bonchev–Trinajstić information content (AvgIpc) is 2.43. The second-order valence-corrected chi connectivity index (χ2v) is 6.09. The van der Waals surface area contributed by atoms with E-state index in [0.29, 0.717) is 0 Å². The van der Waals surface area contributed by atoms with Crippen molar-refractivity contribution in [2.24, 2.45) is 5.73 Å². The predicted octanol–water partition coefficient (Wildman–Crippen LogP) is 7.21. The van der Waals surface area contributed by atoms with E-state index < -0.39 is 0 Å². The van der Waals surface area contributed by atoms with Gasteiger partial charge in [0.15, 0.2) is 0 Å². The Bertz CT molecular complexity index is 142. The van der Waals surface area contributed by atoms with E-state index in [1.165, 1.54) is 103 Å². The number of hydrogen-bond acceptors (Lipinski definition) is 2. The number of rotatable bonds is 16. The van der Waals surface area contributed by atoms with Crippen molar-refractivity contribution in [1.29, 1.82) is 0 Å². The Balaban J connectivity index is -0.000000540. The molecule has 0 aliphatic rings. The lowest BCUT2D eigenvalue weighted by Gasteiger charge is -2.03. The molecule has 4 heteroatoms. The van der Waals surface area contributed by atoms with E-state index in [1.807, 2.05) is 0 Å². The SMILES string of the molecule is CCCCCCCCCCCCCCCCCCN.Cl.Cl.N. The van der Waals surface area contributed by atoms with Crippen LogP contribution in [0.5, 0.6) is 0 Å². The summed E-state index contributed by atoms with van der Waals surface area (Å²) in [6.45, 7) is 3.16. The highest BCUT2D eigenvalue weighted by Gasteiger charge is 1.94. The Morgan fingerprint density at radius 3 is 0.909 bits per heavy atom. The number of unbranched alkanes of at least 4 members (excludes halogenated alkanes) is 15. The maximum Gasteiger partial charge on any atom is -0.00773 e. The summed E-state index contributed by atoms with van der Waals surface area (Å²) in [7, 11) is 0. The fraction of sp³-hybridized carbons (Fsp3) is 1.00. The van der Waals surface area contributed by atoms with Gasteiger partial charge in [0.25, 0.3) is 0 Å². The lowest BCUT2D eigenvalue weighted by Crippen LogP contribution is -1.97. The van der Waals surface area contributed by atoms with Gasteiger partial charge in [-0.25, -0.2) is 0 Å². The molecule has 22 heavy (non-hydrogen) atoms. The van der Waals surface area contributed by atoms with Crippen molar-refractivity contribution in [3.05, 3.63) is 0 Å². The van der Waals surface area contributed by atoms with Crippen molar-refractivity contribution in [3.8, 4) is 0 Å². The van der Waals surface area contributed by atoms with Gasteiger partial charge in [-0.15, -0.1) is 24.8 Å². The van der Waals surface area contributed by atoms with Gasteiger partial charge in [0.05, 0.1) is 0 Å². The van der Waals surface area contributed by atoms with Crippen LogP contribution in [0.15, 0.2) is 0 Å². The first-order valence-electron chi connectivity index (χ1n) is 9.12. The Hall–Kier alpha value is 0.500. The molecule has 0 heterocycles. The van der Waals surface area contributed by atoms with Gasteiger partial charge in [-0.2, -0.15) is 0 Å². The molecule has 0 unspecified atom stereocenters. The maximum atomic E-state index is 5.48. The number of hydrogen-bond donors (Lipinski definition) is 2. The second-order valence-electron chi connectivity index (χ2n) is 6.09. The molecule has 140 valence electrons. The highest BCUT2D eigenvalue weighted by molar-refractivity contribution is 5.85. The molecule has 5 N–H and O–H groups in total. The molecule has 2 nitrogen and oxygen atoms in total. The molecule has 0 atom stereocenters. The van der Waals surface area contributed by atoms with Crippen LogP contribution >= 0.6 is 24.8 Å². The summed E-state index contributed by atoms with van der Waals surface area (Å²) in [5.74, 6) is 0. The first-order valence-corrected chi connectivity index (χ1v) is 9.12. The topological polar surface area (TPSA) is 61.0 Å². The van der Waals surface area contributed by atoms with E-state index in [4.69, 9.17) is 5.73 Å². The molecular formula is C18H44Cl2N2. The van der Waals surface area contributed by atoms with Crippen molar-refractivity contribution in [3.63, 3.8) is 0 Å². The zero-order valence-electron chi connectivity index (χ0n) is 15.1. The molecule has 0 fully saturated rings. The molecule has 0 spiro atoms. The van der Waals surface area contributed by atoms with Crippen molar-refractivity contribution < 1.29 is 0 Å². The Morgan fingerprint density at radius 2 is 0.682 bits per heavy atom. The summed E-state index contributed by atoms with van der Waals surface area (Å²) in [6, 6.07) is 0. The third kappa shape index (κ3) is 28.6. The quantitative estimate of drug-likeness (QED) is 0.286. The molecule has 0 radical (unpaired) electrons. The summed E-state index contributed by atoms with van der Waals surface area (Å²) in [4.78, 5) is 0. The van der Waals surface area contributed by atoms with Gasteiger partial charge in [-0.3, -0.25) is 0 Å². The van der Waals surface area contributed by atoms with E-state index in [9.17, 15) is 0 Å². The smallest absolute Gasteiger partial charge is 0.00773 e. The third-order valence-electron chi connectivity index (χ3n) is 4.06. The number of halogens is 2. The van der Waals surface area contributed by atoms with Crippen LogP contribution in [0.4, 0.5) is 0 Å². The minimum atomic E-state index is 0. The maximum absolute atomic E-state index is 5.48. The van der Waals surface area contributed by atoms with Crippen LogP contribution in [-0.2, 0) is 0 Å². The molecule has 0 aromatic carbocycles. The van der Waals surface area contributed by atoms with Crippen LogP contribution in [0.2, 0.25) is 0 Å². The Morgan fingerprint density at radius 1 is 0.455 bits per heavy atom. The summed E-state index contributed by atoms with van der Waals surface area (Å²) in [5, 5.41) is 0. The molecule has 0 aliphatic carbocycles. The van der Waals surface area contributed by atoms with Crippen LogP contribution in [0, 0.1) is 0 Å². The lowest BCUT2D eigenvalue weighted by atomic mass is 10.0. The summed E-state index contributed by atoms with van der Waals surface area (Å²) in [5.41, 5.74) is 5.48. The Kier molecular flexibility index (Phi) is 40.8. The summed E-state index contributed by atoms with van der Waals surface area (Å²) in [6.07, 6.45) is 22.9. The molecule has 0 aliphatic heterocycles. The van der Waals surface area contributed by atoms with E-state index in [1.54, 1.807) is 0 Å². The highest BCUT2D eigenvalue weighted by atomic mass is 35.5. The van der Waals surface area contributed by atoms with Crippen molar-refractivity contribution in [2.75, 3.05) is 6.54 Å². The van der Waals surface area contributed by atoms with Crippen LogP contribution in [0.1, 0.15) is 110 Å². The van der Waals surface area contributed by atoms with Crippen LogP contribution in [0.25, 0.3) is 0 Å². The van der Waals surface area contributed by atoms with E-state index in [-0.39, 0.29) is 31.0 Å². The molecule has 0 aromatic rings. The van der Waals surface area contributed by atoms with Crippen molar-refractivity contribution in [1.82, 2.24) is 6.15 Å². The minimum absolute atomic E-state index is 0. The zero-order valence-corrected chi connectivity index (χ0v) is 16.8. The van der Waals surface area contributed by atoms with Crippen molar-refractivity contribution >= 4 is 24.8 Å². The van der Waals surface area contributed by atoms with Gasteiger partial charge in [-0.1, -0.05) is 103 Å². The van der Waals surface area contributed by atoms with Crippen LogP contribution < -0.4 is 11.9 Å². The van der Waals surface area contributed by atoms with Crippen LogP contribution in [-0.4, -0.2) is 6.54 Å². The van der Waals surface area contributed by atoms with Crippen LogP contribution in [0.3, 0.4) is 0 Å². The van der Waals surface area contributed by atoms with Gasteiger partial charge in [0.2, 0.25) is 0 Å². The molecule has 0 aromatic heterocycles. The standard InChI is InChI=1S/C18H39N.2ClH.H3N/c1-2-3-4-5-6-7-8-9-10-11-12-13-14-15-16-17-18-19;;;/h2-19H2,1H3;2*1H;1H3. The molecule has 0 saturated heterocycles. The third-order valence-corrected chi connectivity index (χ3v) is 4.06. The van der Waals surface area contributed by atoms with E-state index in [0.717, 1.165) is 6.54 Å². The fourth-order valence-electron chi connectivity index (χ4n) is 2.69. The largest absolute Gasteiger partial charge is 0.344 e. The molecular weight excluding hydrogens is 315 g/mol. The second kappa shape index (κ2) is 29.5. The predicted molar refractivity (Wildman–Crippen MR) is 108 cm³/mol. The van der Waals surface area contributed by atoms with Crippen molar-refractivity contribution in [2.45, 2.75) is 110 Å². The van der Waals surface area contributed by atoms with Gasteiger partial charge in [0, 0.05) is 0 Å². The summed E-state index contributed by atoms with van der Waals surface area (Å²) < 4.78 is 0. The lowest BCUT2D eigenvalue weighted by molar-refractivity contribution is 0.530.